The molecule has 7 heavy (non-hydrogen) atoms. The Kier molecular flexibility index (Phi) is 3.30. The Labute approximate surface area is 57.9 Å². The second kappa shape index (κ2) is 3.22. The minimum absolute atomic E-state index is 0. The van der Waals surface area contributed by atoms with Crippen LogP contribution in [0.4, 0.5) is 0 Å². The molecule has 0 nitrogen and oxygen atoms in total. The highest BCUT2D eigenvalue weighted by Gasteiger charge is 1.74. The standard InChI is InChI=1S/C5H6S.BrH/c1-5-2-3-6-4-5;/h2-4H,1H3;1H/p-1. The Morgan fingerprint density at radius 2 is 2.29 bits per heavy atom. The van der Waals surface area contributed by atoms with Crippen LogP contribution >= 0.6 is 11.3 Å². The van der Waals surface area contributed by atoms with Crippen LogP contribution in [0.2, 0.25) is 0 Å². The van der Waals surface area contributed by atoms with Crippen molar-refractivity contribution in [2.24, 2.45) is 0 Å². The van der Waals surface area contributed by atoms with Crippen LogP contribution in [0, 0.1) is 6.92 Å². The van der Waals surface area contributed by atoms with Crippen LogP contribution in [0.1, 0.15) is 5.56 Å². The van der Waals surface area contributed by atoms with E-state index in [1.165, 1.54) is 5.56 Å². The summed E-state index contributed by atoms with van der Waals surface area (Å²) >= 11 is 1.74. The minimum atomic E-state index is 0. The fourth-order valence-electron chi connectivity index (χ4n) is 0.333. The number of aryl methyl sites for hydroxylation is 1. The Hall–Kier alpha value is 0.180. The summed E-state index contributed by atoms with van der Waals surface area (Å²) in [5.41, 5.74) is 1.36. The van der Waals surface area contributed by atoms with Crippen molar-refractivity contribution in [1.29, 1.82) is 0 Å². The van der Waals surface area contributed by atoms with Crippen LogP contribution < -0.4 is 17.0 Å². The molecule has 0 aliphatic heterocycles. The molecular weight excluding hydrogens is 172 g/mol. The highest BCUT2D eigenvalue weighted by Crippen LogP contribution is 2.01. The molecule has 0 aliphatic rings. The smallest absolute Gasteiger partial charge is 0.00641 e. The predicted octanol–water partition coefficient (Wildman–Crippen LogP) is -0.939. The third-order valence-electron chi connectivity index (χ3n) is 0.663. The first-order chi connectivity index (χ1) is 2.89. The maximum absolute atomic E-state index is 2.12. The first kappa shape index (κ1) is 7.18. The van der Waals surface area contributed by atoms with Crippen molar-refractivity contribution in [3.8, 4) is 0 Å². The number of thiophene rings is 1. The van der Waals surface area contributed by atoms with Crippen molar-refractivity contribution in [3.63, 3.8) is 0 Å². The fraction of sp³-hybridized carbons (Fsp3) is 0.200. The van der Waals surface area contributed by atoms with Crippen LogP contribution in [0.15, 0.2) is 16.8 Å². The van der Waals surface area contributed by atoms with Crippen molar-refractivity contribution < 1.29 is 17.0 Å². The van der Waals surface area contributed by atoms with Gasteiger partial charge in [0.1, 0.15) is 0 Å². The average Bonchev–Trinajstić information content (AvgIpc) is 1.86. The van der Waals surface area contributed by atoms with Gasteiger partial charge < -0.3 is 17.0 Å². The minimum Gasteiger partial charge on any atom is -1.00 e. The molecule has 0 bridgehead atoms. The first-order valence-electron chi connectivity index (χ1n) is 1.88. The average molecular weight is 178 g/mol. The molecule has 0 spiro atoms. The van der Waals surface area contributed by atoms with Crippen LogP contribution in [0.5, 0.6) is 0 Å². The normalized spacial score (nSPS) is 7.57. The first-order valence-corrected chi connectivity index (χ1v) is 2.82. The van der Waals surface area contributed by atoms with Gasteiger partial charge in [0.05, 0.1) is 0 Å². The van der Waals surface area contributed by atoms with E-state index in [4.69, 9.17) is 0 Å². The summed E-state index contributed by atoms with van der Waals surface area (Å²) < 4.78 is 0. The van der Waals surface area contributed by atoms with Crippen molar-refractivity contribution in [2.75, 3.05) is 0 Å². The SMILES string of the molecule is Cc1ccsc1.[Br-]. The van der Waals surface area contributed by atoms with Gasteiger partial charge in [0.15, 0.2) is 0 Å². The summed E-state index contributed by atoms with van der Waals surface area (Å²) in [7, 11) is 0. The van der Waals surface area contributed by atoms with Crippen LogP contribution in [-0.4, -0.2) is 0 Å². The lowest BCUT2D eigenvalue weighted by Gasteiger charge is -1.65. The van der Waals surface area contributed by atoms with Gasteiger partial charge in [0, 0.05) is 0 Å². The lowest BCUT2D eigenvalue weighted by Crippen LogP contribution is -3.00. The zero-order valence-corrected chi connectivity index (χ0v) is 6.42. The maximum Gasteiger partial charge on any atom is -0.00641 e. The van der Waals surface area contributed by atoms with E-state index < -0.39 is 0 Å². The molecule has 0 fully saturated rings. The largest absolute Gasteiger partial charge is 1.00 e. The van der Waals surface area contributed by atoms with E-state index in [-0.39, 0.29) is 17.0 Å². The molecule has 40 valence electrons. The van der Waals surface area contributed by atoms with E-state index in [1.54, 1.807) is 11.3 Å². The highest BCUT2D eigenvalue weighted by molar-refractivity contribution is 7.07. The monoisotopic (exact) mass is 177 g/mol. The highest BCUT2D eigenvalue weighted by atomic mass is 79.9. The van der Waals surface area contributed by atoms with Gasteiger partial charge in [-0.2, -0.15) is 11.3 Å². The van der Waals surface area contributed by atoms with Gasteiger partial charge in [-0.25, -0.2) is 0 Å². The summed E-state index contributed by atoms with van der Waals surface area (Å²) in [4.78, 5) is 0. The zero-order valence-electron chi connectivity index (χ0n) is 4.02. The Balaban J connectivity index is 0.000000360. The second-order valence-corrected chi connectivity index (χ2v) is 2.08. The van der Waals surface area contributed by atoms with E-state index >= 15 is 0 Å². The summed E-state index contributed by atoms with van der Waals surface area (Å²) in [6.45, 7) is 2.09. The molecule has 1 aromatic heterocycles. The van der Waals surface area contributed by atoms with Crippen LogP contribution in [-0.2, 0) is 0 Å². The van der Waals surface area contributed by atoms with Gasteiger partial charge >= 0.3 is 0 Å². The van der Waals surface area contributed by atoms with Crippen molar-refractivity contribution >= 4 is 11.3 Å². The zero-order chi connectivity index (χ0) is 4.41. The molecule has 0 aliphatic carbocycles. The molecule has 2 heteroatoms. The topological polar surface area (TPSA) is 0 Å². The fourth-order valence-corrected chi connectivity index (χ4v) is 0.998. The summed E-state index contributed by atoms with van der Waals surface area (Å²) in [6.07, 6.45) is 0. The molecule has 0 saturated heterocycles. The molecular formula is C5H6BrS-. The van der Waals surface area contributed by atoms with Crippen molar-refractivity contribution in [3.05, 3.63) is 22.4 Å². The van der Waals surface area contributed by atoms with E-state index in [0.717, 1.165) is 0 Å². The maximum atomic E-state index is 2.12. The predicted molar refractivity (Wildman–Crippen MR) is 29.1 cm³/mol. The molecule has 0 N–H and O–H groups in total. The number of halogens is 1. The summed E-state index contributed by atoms with van der Waals surface area (Å²) in [5, 5.41) is 4.20. The molecule has 1 aromatic rings. The second-order valence-electron chi connectivity index (χ2n) is 1.30. The third-order valence-corrected chi connectivity index (χ3v) is 1.46. The van der Waals surface area contributed by atoms with Gasteiger partial charge in [0.25, 0.3) is 0 Å². The summed E-state index contributed by atoms with van der Waals surface area (Å²) in [5.74, 6) is 0. The Morgan fingerprint density at radius 1 is 1.57 bits per heavy atom. The lowest BCUT2D eigenvalue weighted by atomic mass is 10.4. The van der Waals surface area contributed by atoms with E-state index in [1.807, 2.05) is 0 Å². The third kappa shape index (κ3) is 2.09. The molecule has 0 amide bonds. The molecule has 0 aromatic carbocycles. The number of hydrogen-bond acceptors (Lipinski definition) is 1. The number of rotatable bonds is 0. The van der Waals surface area contributed by atoms with Gasteiger partial charge in [0.2, 0.25) is 0 Å². The Morgan fingerprint density at radius 3 is 2.43 bits per heavy atom. The van der Waals surface area contributed by atoms with E-state index in [9.17, 15) is 0 Å². The molecule has 0 saturated carbocycles. The van der Waals surface area contributed by atoms with Gasteiger partial charge in [-0.3, -0.25) is 0 Å². The van der Waals surface area contributed by atoms with Crippen LogP contribution in [0.3, 0.4) is 0 Å². The molecule has 1 rings (SSSR count). The van der Waals surface area contributed by atoms with Crippen molar-refractivity contribution in [2.45, 2.75) is 6.92 Å². The van der Waals surface area contributed by atoms with Crippen LogP contribution in [0.25, 0.3) is 0 Å². The van der Waals surface area contributed by atoms with Gasteiger partial charge in [-0.1, -0.05) is 0 Å². The molecule has 1 heterocycles. The number of hydrogen-bond donors (Lipinski definition) is 0. The molecule has 0 unspecified atom stereocenters. The van der Waals surface area contributed by atoms with Gasteiger partial charge in [-0.05, 0) is 29.3 Å². The van der Waals surface area contributed by atoms with E-state index in [0.29, 0.717) is 0 Å². The lowest BCUT2D eigenvalue weighted by molar-refractivity contribution is -0.00000124. The summed E-state index contributed by atoms with van der Waals surface area (Å²) in [6, 6.07) is 2.10. The van der Waals surface area contributed by atoms with E-state index in [2.05, 4.69) is 23.8 Å². The Bertz CT molecular complexity index is 112. The quantitative estimate of drug-likeness (QED) is 0.481. The van der Waals surface area contributed by atoms with Gasteiger partial charge in [-0.15, -0.1) is 0 Å². The molecule has 0 radical (unpaired) electrons. The van der Waals surface area contributed by atoms with Crippen molar-refractivity contribution in [1.82, 2.24) is 0 Å². The molecule has 0 atom stereocenters.